The number of halogens is 1. The molecule has 0 aliphatic rings. The average Bonchev–Trinajstić information content (AvgIpc) is 2.21. The first-order chi connectivity index (χ1) is 6.70. The second-order valence-electron chi connectivity index (χ2n) is 2.94. The molecule has 0 aromatic rings. The number of hydrogen-bond donors (Lipinski definition) is 2. The van der Waals surface area contributed by atoms with Gasteiger partial charge in [-0.25, -0.2) is 0 Å². The first-order valence-corrected chi connectivity index (χ1v) is 5.33. The molecule has 0 aliphatic heterocycles. The van der Waals surface area contributed by atoms with Crippen LogP contribution >= 0.6 is 11.6 Å². The third-order valence-corrected chi connectivity index (χ3v) is 1.84. The Hall–Kier alpha value is -0.770. The van der Waals surface area contributed by atoms with E-state index in [0.29, 0.717) is 25.9 Å². The molecule has 5 heteroatoms. The molecule has 0 aromatic heterocycles. The monoisotopic (exact) mass is 220 g/mol. The second kappa shape index (κ2) is 8.81. The van der Waals surface area contributed by atoms with Gasteiger partial charge in [-0.1, -0.05) is 6.92 Å². The summed E-state index contributed by atoms with van der Waals surface area (Å²) in [4.78, 5) is 21.8. The third-order valence-electron chi connectivity index (χ3n) is 1.60. The lowest BCUT2D eigenvalue weighted by Gasteiger charge is -2.04. The van der Waals surface area contributed by atoms with Gasteiger partial charge in [0.2, 0.25) is 11.8 Å². The van der Waals surface area contributed by atoms with Crippen molar-refractivity contribution < 1.29 is 9.59 Å². The zero-order chi connectivity index (χ0) is 10.8. The normalized spacial score (nSPS) is 9.57. The van der Waals surface area contributed by atoms with Crippen LogP contribution in [-0.2, 0) is 9.59 Å². The van der Waals surface area contributed by atoms with Gasteiger partial charge in [-0.05, 0) is 12.8 Å². The summed E-state index contributed by atoms with van der Waals surface area (Å²) in [6.07, 6.45) is 2.04. The summed E-state index contributed by atoms with van der Waals surface area (Å²) in [6, 6.07) is 0. The van der Waals surface area contributed by atoms with Gasteiger partial charge in [0.05, 0.1) is 0 Å². The lowest BCUT2D eigenvalue weighted by molar-refractivity contribution is -0.122. The number of carbonyl (C=O) groups excluding carboxylic acids is 2. The van der Waals surface area contributed by atoms with Gasteiger partial charge in [-0.2, -0.15) is 0 Å². The molecule has 2 amide bonds. The minimum atomic E-state index is -0.194. The molecule has 0 unspecified atom stereocenters. The Bertz CT molecular complexity index is 186. The highest BCUT2D eigenvalue weighted by Gasteiger charge is 2.00. The van der Waals surface area contributed by atoms with Gasteiger partial charge in [0.25, 0.3) is 0 Å². The van der Waals surface area contributed by atoms with Gasteiger partial charge >= 0.3 is 0 Å². The highest BCUT2D eigenvalue weighted by molar-refractivity contribution is 6.27. The molecule has 82 valence electrons. The van der Waals surface area contributed by atoms with Crippen LogP contribution in [0.15, 0.2) is 0 Å². The van der Waals surface area contributed by atoms with Crippen LogP contribution < -0.4 is 10.6 Å². The Morgan fingerprint density at radius 2 is 1.79 bits per heavy atom. The molecule has 4 nitrogen and oxygen atoms in total. The molecule has 0 fully saturated rings. The van der Waals surface area contributed by atoms with Crippen molar-refractivity contribution in [1.29, 1.82) is 0 Å². The number of hydrogen-bond acceptors (Lipinski definition) is 2. The van der Waals surface area contributed by atoms with Crippen molar-refractivity contribution in [1.82, 2.24) is 10.6 Å². The number of nitrogens with one attached hydrogen (secondary N) is 2. The Balaban J connectivity index is 3.27. The minimum absolute atomic E-state index is 0.0258. The highest BCUT2D eigenvalue weighted by Crippen LogP contribution is 1.87. The van der Waals surface area contributed by atoms with E-state index in [2.05, 4.69) is 10.6 Å². The summed E-state index contributed by atoms with van der Waals surface area (Å²) in [7, 11) is 0. The summed E-state index contributed by atoms with van der Waals surface area (Å²) in [5, 5.41) is 5.35. The van der Waals surface area contributed by atoms with Crippen LogP contribution in [0.2, 0.25) is 0 Å². The predicted molar refractivity (Wildman–Crippen MR) is 56.3 cm³/mol. The fourth-order valence-corrected chi connectivity index (χ4v) is 0.971. The summed E-state index contributed by atoms with van der Waals surface area (Å²) < 4.78 is 0. The van der Waals surface area contributed by atoms with E-state index in [1.54, 1.807) is 0 Å². The van der Waals surface area contributed by atoms with Gasteiger partial charge < -0.3 is 10.6 Å². The Morgan fingerprint density at radius 3 is 2.36 bits per heavy atom. The molecule has 0 heterocycles. The van der Waals surface area contributed by atoms with Crippen LogP contribution in [0.25, 0.3) is 0 Å². The SMILES string of the molecule is CCCNC(=O)CCCNC(=O)CCl. The van der Waals surface area contributed by atoms with Crippen molar-refractivity contribution in [3.8, 4) is 0 Å². The molecular formula is C9H17ClN2O2. The summed E-state index contributed by atoms with van der Waals surface area (Å²) in [5.74, 6) is -0.185. The lowest BCUT2D eigenvalue weighted by atomic mass is 10.3. The predicted octanol–water partition coefficient (Wildman–Crippen LogP) is 0.648. The molecule has 0 spiro atoms. The molecular weight excluding hydrogens is 204 g/mol. The van der Waals surface area contributed by atoms with E-state index in [1.165, 1.54) is 0 Å². The molecule has 0 bridgehead atoms. The molecule has 2 N–H and O–H groups in total. The Morgan fingerprint density at radius 1 is 1.14 bits per heavy atom. The van der Waals surface area contributed by atoms with Crippen molar-refractivity contribution in [2.75, 3.05) is 19.0 Å². The maximum atomic E-state index is 11.1. The summed E-state index contributed by atoms with van der Waals surface area (Å²) in [6.45, 7) is 3.22. The van der Waals surface area contributed by atoms with Crippen molar-refractivity contribution in [2.24, 2.45) is 0 Å². The van der Waals surface area contributed by atoms with Crippen molar-refractivity contribution >= 4 is 23.4 Å². The number of alkyl halides is 1. The van der Waals surface area contributed by atoms with E-state index in [0.717, 1.165) is 6.42 Å². The van der Waals surface area contributed by atoms with Gasteiger partial charge in [-0.3, -0.25) is 9.59 Å². The van der Waals surface area contributed by atoms with Gasteiger partial charge in [0, 0.05) is 19.5 Å². The zero-order valence-electron chi connectivity index (χ0n) is 8.44. The number of rotatable bonds is 7. The van der Waals surface area contributed by atoms with Crippen LogP contribution in [-0.4, -0.2) is 30.8 Å². The van der Waals surface area contributed by atoms with Gasteiger partial charge in [0.15, 0.2) is 0 Å². The van der Waals surface area contributed by atoms with E-state index < -0.39 is 0 Å². The lowest BCUT2D eigenvalue weighted by Crippen LogP contribution is -2.28. The first-order valence-electron chi connectivity index (χ1n) is 4.80. The molecule has 0 rings (SSSR count). The van der Waals surface area contributed by atoms with Crippen molar-refractivity contribution in [3.63, 3.8) is 0 Å². The smallest absolute Gasteiger partial charge is 0.234 e. The fraction of sp³-hybridized carbons (Fsp3) is 0.778. The second-order valence-corrected chi connectivity index (χ2v) is 3.20. The maximum Gasteiger partial charge on any atom is 0.234 e. The van der Waals surface area contributed by atoms with Crippen molar-refractivity contribution in [2.45, 2.75) is 26.2 Å². The van der Waals surface area contributed by atoms with Crippen LogP contribution in [0.1, 0.15) is 26.2 Å². The average molecular weight is 221 g/mol. The Kier molecular flexibility index (Phi) is 8.33. The molecule has 0 aliphatic carbocycles. The Labute approximate surface area is 89.4 Å². The first kappa shape index (κ1) is 13.2. The molecule has 0 saturated heterocycles. The van der Waals surface area contributed by atoms with Crippen LogP contribution in [0.5, 0.6) is 0 Å². The quantitative estimate of drug-likeness (QED) is 0.489. The third kappa shape index (κ3) is 7.86. The molecule has 0 radical (unpaired) electrons. The maximum absolute atomic E-state index is 11.1. The van der Waals surface area contributed by atoms with E-state index in [-0.39, 0.29) is 17.7 Å². The highest BCUT2D eigenvalue weighted by atomic mass is 35.5. The summed E-state index contributed by atoms with van der Waals surface area (Å²) in [5.41, 5.74) is 0. The molecule has 0 atom stereocenters. The minimum Gasteiger partial charge on any atom is -0.356 e. The zero-order valence-corrected chi connectivity index (χ0v) is 9.19. The van der Waals surface area contributed by atoms with Gasteiger partial charge in [0.1, 0.15) is 5.88 Å². The van der Waals surface area contributed by atoms with Crippen LogP contribution in [0.4, 0.5) is 0 Å². The van der Waals surface area contributed by atoms with Crippen molar-refractivity contribution in [3.05, 3.63) is 0 Å². The largest absolute Gasteiger partial charge is 0.356 e. The van der Waals surface area contributed by atoms with Gasteiger partial charge in [-0.15, -0.1) is 11.6 Å². The van der Waals surface area contributed by atoms with Crippen LogP contribution in [0.3, 0.4) is 0 Å². The molecule has 14 heavy (non-hydrogen) atoms. The molecule has 0 saturated carbocycles. The van der Waals surface area contributed by atoms with E-state index in [4.69, 9.17) is 11.6 Å². The standard InChI is InChI=1S/C9H17ClN2O2/c1-2-5-11-8(13)4-3-6-12-9(14)7-10/h2-7H2,1H3,(H,11,13)(H,12,14). The fourth-order valence-electron chi connectivity index (χ4n) is 0.877. The summed E-state index contributed by atoms with van der Waals surface area (Å²) >= 11 is 5.27. The molecule has 0 aromatic carbocycles. The topological polar surface area (TPSA) is 58.2 Å². The number of amides is 2. The van der Waals surface area contributed by atoms with E-state index in [9.17, 15) is 9.59 Å². The number of carbonyl (C=O) groups is 2. The van der Waals surface area contributed by atoms with Crippen LogP contribution in [0, 0.1) is 0 Å². The van der Waals surface area contributed by atoms with E-state index in [1.807, 2.05) is 6.92 Å². The van der Waals surface area contributed by atoms with E-state index >= 15 is 0 Å².